The van der Waals surface area contributed by atoms with Crippen molar-refractivity contribution in [2.24, 2.45) is 0 Å². The fraction of sp³-hybridized carbons (Fsp3) is 0.700. The number of ether oxygens (including phenoxy) is 1. The van der Waals surface area contributed by atoms with E-state index in [1.807, 2.05) is 13.8 Å². The Balaban J connectivity index is 2.17. The highest BCUT2D eigenvalue weighted by Crippen LogP contribution is 1.96. The third-order valence-corrected chi connectivity index (χ3v) is 1.90. The highest BCUT2D eigenvalue weighted by Gasteiger charge is 2.21. The molecule has 2 unspecified atom stereocenters. The van der Waals surface area contributed by atoms with Gasteiger partial charge in [0.05, 0.1) is 12.1 Å². The predicted octanol–water partition coefficient (Wildman–Crippen LogP) is 0.486. The molecule has 1 saturated heterocycles. The molecule has 0 bridgehead atoms. The van der Waals surface area contributed by atoms with Gasteiger partial charge in [-0.3, -0.25) is 0 Å². The predicted molar refractivity (Wildman–Crippen MR) is 53.8 cm³/mol. The van der Waals surface area contributed by atoms with Crippen LogP contribution in [0.2, 0.25) is 0 Å². The maximum atomic E-state index is 10.7. The van der Waals surface area contributed by atoms with Gasteiger partial charge in [-0.15, -0.1) is 5.92 Å². The highest BCUT2D eigenvalue weighted by atomic mass is 16.6. The summed E-state index contributed by atoms with van der Waals surface area (Å²) >= 11 is 0. The second-order valence-corrected chi connectivity index (χ2v) is 3.24. The Bertz CT molecular complexity index is 255. The van der Waals surface area contributed by atoms with Crippen LogP contribution in [-0.4, -0.2) is 31.3 Å². The summed E-state index contributed by atoms with van der Waals surface area (Å²) in [5.74, 6) is 6.05. The van der Waals surface area contributed by atoms with Crippen LogP contribution in [0, 0.1) is 11.8 Å². The van der Waals surface area contributed by atoms with Gasteiger partial charge in [-0.1, -0.05) is 12.8 Å². The van der Waals surface area contributed by atoms with Gasteiger partial charge in [-0.25, -0.2) is 4.79 Å². The molecule has 4 nitrogen and oxygen atoms in total. The van der Waals surface area contributed by atoms with Crippen molar-refractivity contribution in [1.29, 1.82) is 0 Å². The molecular weight excluding hydrogens is 180 g/mol. The van der Waals surface area contributed by atoms with E-state index in [9.17, 15) is 4.79 Å². The molecule has 0 aromatic carbocycles. The minimum Gasteiger partial charge on any atom is -0.447 e. The molecule has 1 aliphatic heterocycles. The third kappa shape index (κ3) is 3.67. The summed E-state index contributed by atoms with van der Waals surface area (Å²) < 4.78 is 4.75. The Labute approximate surface area is 84.4 Å². The molecule has 1 amide bonds. The number of cyclic esters (lactones) is 1. The Morgan fingerprint density at radius 2 is 2.57 bits per heavy atom. The maximum Gasteiger partial charge on any atom is 0.407 e. The summed E-state index contributed by atoms with van der Waals surface area (Å²) in [5, 5.41) is 5.91. The molecule has 0 aromatic rings. The van der Waals surface area contributed by atoms with Crippen molar-refractivity contribution in [2.75, 3.05) is 13.2 Å². The summed E-state index contributed by atoms with van der Waals surface area (Å²) in [5.41, 5.74) is 0. The van der Waals surface area contributed by atoms with Gasteiger partial charge in [-0.05, 0) is 6.92 Å². The van der Waals surface area contributed by atoms with Crippen molar-refractivity contribution in [2.45, 2.75) is 32.4 Å². The van der Waals surface area contributed by atoms with E-state index in [2.05, 4.69) is 22.5 Å². The summed E-state index contributed by atoms with van der Waals surface area (Å²) in [6.45, 7) is 5.16. The Kier molecular flexibility index (Phi) is 4.27. The number of carbonyl (C=O) groups is 1. The van der Waals surface area contributed by atoms with Gasteiger partial charge in [0.1, 0.15) is 6.61 Å². The largest absolute Gasteiger partial charge is 0.447 e. The summed E-state index contributed by atoms with van der Waals surface area (Å²) in [6, 6.07) is 0.237. The average molecular weight is 196 g/mol. The second kappa shape index (κ2) is 5.51. The first-order valence-electron chi connectivity index (χ1n) is 4.87. The molecule has 1 rings (SSSR count). The van der Waals surface area contributed by atoms with E-state index in [-0.39, 0.29) is 18.2 Å². The number of rotatable bonds is 3. The Morgan fingerprint density at radius 3 is 3.14 bits per heavy atom. The molecule has 0 radical (unpaired) electrons. The SMILES string of the molecule is CCC#CC(C)NCC1COC(=O)N1. The van der Waals surface area contributed by atoms with Gasteiger partial charge in [0.25, 0.3) is 0 Å². The van der Waals surface area contributed by atoms with Crippen molar-refractivity contribution in [3.05, 3.63) is 0 Å². The van der Waals surface area contributed by atoms with Crippen LogP contribution in [0.15, 0.2) is 0 Å². The first-order chi connectivity index (χ1) is 6.72. The first-order valence-corrected chi connectivity index (χ1v) is 4.87. The topological polar surface area (TPSA) is 50.4 Å². The molecule has 1 aliphatic rings. The number of amides is 1. The molecule has 2 atom stereocenters. The molecule has 14 heavy (non-hydrogen) atoms. The monoisotopic (exact) mass is 196 g/mol. The van der Waals surface area contributed by atoms with Crippen LogP contribution in [0.1, 0.15) is 20.3 Å². The fourth-order valence-electron chi connectivity index (χ4n) is 1.16. The van der Waals surface area contributed by atoms with Crippen molar-refractivity contribution in [3.63, 3.8) is 0 Å². The van der Waals surface area contributed by atoms with Gasteiger partial charge in [-0.2, -0.15) is 0 Å². The molecule has 4 heteroatoms. The highest BCUT2D eigenvalue weighted by molar-refractivity contribution is 5.69. The standard InChI is InChI=1S/C10H16N2O2/c1-3-4-5-8(2)11-6-9-7-14-10(13)12-9/h8-9,11H,3,6-7H2,1-2H3,(H,12,13). The summed E-state index contributed by atoms with van der Waals surface area (Å²) in [6.07, 6.45) is 0.541. The van der Waals surface area contributed by atoms with Crippen LogP contribution in [0.4, 0.5) is 4.79 Å². The van der Waals surface area contributed by atoms with E-state index in [0.29, 0.717) is 13.2 Å². The van der Waals surface area contributed by atoms with Gasteiger partial charge in [0.15, 0.2) is 0 Å². The Morgan fingerprint density at radius 1 is 1.79 bits per heavy atom. The number of hydrogen-bond acceptors (Lipinski definition) is 3. The van der Waals surface area contributed by atoms with Crippen LogP contribution in [-0.2, 0) is 4.74 Å². The fourth-order valence-corrected chi connectivity index (χ4v) is 1.16. The molecule has 0 spiro atoms. The molecule has 1 heterocycles. The summed E-state index contributed by atoms with van der Waals surface area (Å²) in [4.78, 5) is 10.7. The zero-order valence-electron chi connectivity index (χ0n) is 8.59. The van der Waals surface area contributed by atoms with Crippen LogP contribution < -0.4 is 10.6 Å². The zero-order chi connectivity index (χ0) is 10.4. The molecule has 0 aliphatic carbocycles. The zero-order valence-corrected chi connectivity index (χ0v) is 8.59. The molecule has 1 fully saturated rings. The smallest absolute Gasteiger partial charge is 0.407 e. The number of nitrogens with one attached hydrogen (secondary N) is 2. The third-order valence-electron chi connectivity index (χ3n) is 1.90. The van der Waals surface area contributed by atoms with Crippen molar-refractivity contribution in [3.8, 4) is 11.8 Å². The molecule has 0 aromatic heterocycles. The van der Waals surface area contributed by atoms with E-state index < -0.39 is 0 Å². The van der Waals surface area contributed by atoms with E-state index in [1.165, 1.54) is 0 Å². The molecule has 2 N–H and O–H groups in total. The van der Waals surface area contributed by atoms with Gasteiger partial charge in [0, 0.05) is 13.0 Å². The minimum atomic E-state index is -0.330. The number of hydrogen-bond donors (Lipinski definition) is 2. The van der Waals surface area contributed by atoms with E-state index >= 15 is 0 Å². The van der Waals surface area contributed by atoms with E-state index in [0.717, 1.165) is 6.42 Å². The minimum absolute atomic E-state index is 0.0772. The summed E-state index contributed by atoms with van der Waals surface area (Å²) in [7, 11) is 0. The molecular formula is C10H16N2O2. The molecule has 78 valence electrons. The first kappa shape index (κ1) is 10.9. The molecule has 0 saturated carbocycles. The lowest BCUT2D eigenvalue weighted by molar-refractivity contribution is 0.176. The van der Waals surface area contributed by atoms with Gasteiger partial charge < -0.3 is 15.4 Å². The van der Waals surface area contributed by atoms with Crippen LogP contribution in [0.25, 0.3) is 0 Å². The second-order valence-electron chi connectivity index (χ2n) is 3.24. The van der Waals surface area contributed by atoms with Crippen molar-refractivity contribution < 1.29 is 9.53 Å². The lowest BCUT2D eigenvalue weighted by atomic mass is 10.2. The number of carbonyl (C=O) groups excluding carboxylic acids is 1. The lowest BCUT2D eigenvalue weighted by Gasteiger charge is -2.10. The quantitative estimate of drug-likeness (QED) is 0.646. The van der Waals surface area contributed by atoms with E-state index in [1.54, 1.807) is 0 Å². The van der Waals surface area contributed by atoms with Crippen molar-refractivity contribution >= 4 is 6.09 Å². The normalized spacial score (nSPS) is 21.9. The Hall–Kier alpha value is -1.21. The van der Waals surface area contributed by atoms with Crippen molar-refractivity contribution in [1.82, 2.24) is 10.6 Å². The van der Waals surface area contributed by atoms with Crippen LogP contribution in [0.5, 0.6) is 0 Å². The van der Waals surface area contributed by atoms with Gasteiger partial charge in [0.2, 0.25) is 0 Å². The lowest BCUT2D eigenvalue weighted by Crippen LogP contribution is -2.40. The maximum absolute atomic E-state index is 10.7. The average Bonchev–Trinajstić information content (AvgIpc) is 2.58. The van der Waals surface area contributed by atoms with Crippen LogP contribution >= 0.6 is 0 Å². The van der Waals surface area contributed by atoms with Gasteiger partial charge >= 0.3 is 6.09 Å². The van der Waals surface area contributed by atoms with Crippen LogP contribution in [0.3, 0.4) is 0 Å². The van der Waals surface area contributed by atoms with E-state index in [4.69, 9.17) is 4.74 Å². The number of alkyl carbamates (subject to hydrolysis) is 1.